The molecule has 0 amide bonds. The molecule has 0 aliphatic heterocycles. The van der Waals surface area contributed by atoms with Crippen molar-refractivity contribution in [3.8, 4) is 0 Å². The summed E-state index contributed by atoms with van der Waals surface area (Å²) in [5, 5.41) is 0. The molecule has 0 aromatic rings. The monoisotopic (exact) mass is 214 g/mol. The first-order chi connectivity index (χ1) is 5.10. The van der Waals surface area contributed by atoms with E-state index in [9.17, 15) is 0 Å². The van der Waals surface area contributed by atoms with Crippen LogP contribution in [0.2, 0.25) is 6.04 Å². The van der Waals surface area contributed by atoms with Crippen molar-refractivity contribution in [3.05, 3.63) is 0 Å². The molecule has 1 unspecified atom stereocenters. The van der Waals surface area contributed by atoms with Gasteiger partial charge in [0.05, 0.1) is 0 Å². The third kappa shape index (κ3) is 2.59. The molecule has 0 aromatic carbocycles. The first kappa shape index (κ1) is 9.80. The van der Waals surface area contributed by atoms with E-state index in [-0.39, 0.29) is 0 Å². The molecule has 1 fully saturated rings. The minimum absolute atomic E-state index is 0.391. The fraction of sp³-hybridized carbons (Fsp3) is 1.00. The van der Waals surface area contributed by atoms with E-state index >= 15 is 0 Å². The number of halogens is 2. The van der Waals surface area contributed by atoms with E-state index in [0.717, 1.165) is 12.5 Å². The molecule has 0 N–H and O–H groups in total. The Morgan fingerprint density at radius 1 is 1.45 bits per heavy atom. The summed E-state index contributed by atoms with van der Waals surface area (Å²) >= 11 is 11.7. The molecule has 0 heterocycles. The van der Waals surface area contributed by atoms with Crippen molar-refractivity contribution in [1.82, 2.24) is 0 Å². The van der Waals surface area contributed by atoms with E-state index in [1.165, 1.54) is 0 Å². The minimum Gasteiger partial charge on any atom is -0.400 e. The van der Waals surface area contributed by atoms with Gasteiger partial charge < -0.3 is 8.85 Å². The van der Waals surface area contributed by atoms with Gasteiger partial charge >= 0.3 is 9.28 Å². The normalized spacial score (nSPS) is 27.5. The topological polar surface area (TPSA) is 18.5 Å². The Morgan fingerprint density at radius 3 is 2.18 bits per heavy atom. The molecule has 2 nitrogen and oxygen atoms in total. The molecule has 0 spiro atoms. The highest BCUT2D eigenvalue weighted by atomic mass is 35.5. The van der Waals surface area contributed by atoms with Crippen LogP contribution in [0.15, 0.2) is 0 Å². The lowest BCUT2D eigenvalue weighted by atomic mass is 10.5. The van der Waals surface area contributed by atoms with Gasteiger partial charge in [0.25, 0.3) is 0 Å². The van der Waals surface area contributed by atoms with Crippen molar-refractivity contribution in [2.24, 2.45) is 5.92 Å². The van der Waals surface area contributed by atoms with E-state index in [0.29, 0.717) is 5.92 Å². The van der Waals surface area contributed by atoms with Gasteiger partial charge in [-0.25, -0.2) is 0 Å². The smallest absolute Gasteiger partial charge is 0.321 e. The summed E-state index contributed by atoms with van der Waals surface area (Å²) in [4.78, 5) is 0. The second kappa shape index (κ2) is 3.62. The maximum atomic E-state index is 5.84. The van der Waals surface area contributed by atoms with Gasteiger partial charge in [0, 0.05) is 14.2 Å². The van der Waals surface area contributed by atoms with E-state index in [1.54, 1.807) is 14.2 Å². The molecule has 66 valence electrons. The number of alkyl halides is 2. The van der Waals surface area contributed by atoms with Crippen LogP contribution < -0.4 is 0 Å². The first-order valence-electron chi connectivity index (χ1n) is 3.53. The molecular weight excluding hydrogens is 203 g/mol. The zero-order valence-electron chi connectivity index (χ0n) is 6.64. The molecule has 11 heavy (non-hydrogen) atoms. The Bertz CT molecular complexity index is 139. The predicted octanol–water partition coefficient (Wildman–Crippen LogP) is 1.69. The number of hydrogen-bond acceptors (Lipinski definition) is 2. The lowest BCUT2D eigenvalue weighted by molar-refractivity contribution is 0.275. The quantitative estimate of drug-likeness (QED) is 0.525. The van der Waals surface area contributed by atoms with E-state index in [1.807, 2.05) is 0 Å². The molecular formula is C6H12Cl2O2Si. The Labute approximate surface area is 78.6 Å². The molecule has 0 bridgehead atoms. The predicted molar refractivity (Wildman–Crippen MR) is 48.5 cm³/mol. The highest BCUT2D eigenvalue weighted by Crippen LogP contribution is 2.55. The highest BCUT2D eigenvalue weighted by Gasteiger charge is 2.52. The second-order valence-electron chi connectivity index (χ2n) is 2.80. The average Bonchev–Trinajstić information content (AvgIpc) is 2.54. The Morgan fingerprint density at radius 2 is 1.91 bits per heavy atom. The van der Waals surface area contributed by atoms with Crippen molar-refractivity contribution >= 4 is 32.5 Å². The first-order valence-corrected chi connectivity index (χ1v) is 6.05. The van der Waals surface area contributed by atoms with Gasteiger partial charge in [0.1, 0.15) is 4.33 Å². The van der Waals surface area contributed by atoms with Gasteiger partial charge in [-0.2, -0.15) is 0 Å². The van der Waals surface area contributed by atoms with Crippen LogP contribution in [0.1, 0.15) is 6.42 Å². The SMILES string of the molecule is CO[SiH](CC1CC1(Cl)Cl)OC. The molecule has 0 radical (unpaired) electrons. The van der Waals surface area contributed by atoms with Gasteiger partial charge in [-0.05, 0) is 18.4 Å². The highest BCUT2D eigenvalue weighted by molar-refractivity contribution is 6.52. The number of hydrogen-bond donors (Lipinski definition) is 0. The van der Waals surface area contributed by atoms with Crippen LogP contribution in [-0.4, -0.2) is 27.8 Å². The zero-order chi connectivity index (χ0) is 8.48. The van der Waals surface area contributed by atoms with Gasteiger partial charge in [-0.15, -0.1) is 23.2 Å². The Hall–Kier alpha value is 0.717. The largest absolute Gasteiger partial charge is 0.400 e. The van der Waals surface area contributed by atoms with Crippen LogP contribution in [0.3, 0.4) is 0 Å². The molecule has 0 saturated heterocycles. The number of rotatable bonds is 4. The molecule has 0 aromatic heterocycles. The zero-order valence-corrected chi connectivity index (χ0v) is 9.31. The molecule has 1 atom stereocenters. The van der Waals surface area contributed by atoms with Crippen molar-refractivity contribution in [2.45, 2.75) is 16.8 Å². The minimum atomic E-state index is -1.44. The van der Waals surface area contributed by atoms with Crippen LogP contribution in [0.25, 0.3) is 0 Å². The summed E-state index contributed by atoms with van der Waals surface area (Å²) in [6.07, 6.45) is 0.881. The van der Waals surface area contributed by atoms with Gasteiger partial charge in [0.15, 0.2) is 0 Å². The summed E-state index contributed by atoms with van der Waals surface area (Å²) in [5.74, 6) is 0.391. The molecule has 1 saturated carbocycles. The Balaban J connectivity index is 2.21. The maximum absolute atomic E-state index is 5.84. The van der Waals surface area contributed by atoms with Crippen LogP contribution >= 0.6 is 23.2 Å². The molecule has 1 aliphatic carbocycles. The van der Waals surface area contributed by atoms with Crippen LogP contribution in [0.4, 0.5) is 0 Å². The summed E-state index contributed by atoms with van der Waals surface area (Å²) < 4.78 is 9.80. The van der Waals surface area contributed by atoms with E-state index < -0.39 is 13.6 Å². The fourth-order valence-electron chi connectivity index (χ4n) is 1.05. The van der Waals surface area contributed by atoms with E-state index in [2.05, 4.69) is 0 Å². The summed E-state index contributed by atoms with van der Waals surface area (Å²) in [7, 11) is 1.91. The lowest BCUT2D eigenvalue weighted by Gasteiger charge is -2.09. The van der Waals surface area contributed by atoms with Gasteiger partial charge in [-0.1, -0.05) is 0 Å². The van der Waals surface area contributed by atoms with Crippen molar-refractivity contribution in [3.63, 3.8) is 0 Å². The van der Waals surface area contributed by atoms with E-state index in [4.69, 9.17) is 32.1 Å². The summed E-state index contributed by atoms with van der Waals surface area (Å²) in [6, 6.07) is 0.917. The molecule has 1 rings (SSSR count). The molecule has 1 aliphatic rings. The maximum Gasteiger partial charge on any atom is 0.321 e. The standard InChI is InChI=1S/C6H12Cl2O2Si/c1-9-11(10-2)4-5-3-6(5,7)8/h5,11H,3-4H2,1-2H3. The van der Waals surface area contributed by atoms with Crippen molar-refractivity contribution in [1.29, 1.82) is 0 Å². The van der Waals surface area contributed by atoms with Crippen molar-refractivity contribution in [2.75, 3.05) is 14.2 Å². The van der Waals surface area contributed by atoms with Crippen LogP contribution in [0.5, 0.6) is 0 Å². The molecule has 5 heteroatoms. The lowest BCUT2D eigenvalue weighted by Crippen LogP contribution is -2.20. The third-order valence-electron chi connectivity index (χ3n) is 1.96. The second-order valence-corrected chi connectivity index (χ2v) is 6.61. The van der Waals surface area contributed by atoms with Gasteiger partial charge in [-0.3, -0.25) is 0 Å². The van der Waals surface area contributed by atoms with Gasteiger partial charge in [0.2, 0.25) is 0 Å². The van der Waals surface area contributed by atoms with Crippen LogP contribution in [0, 0.1) is 5.92 Å². The van der Waals surface area contributed by atoms with Crippen LogP contribution in [-0.2, 0) is 8.85 Å². The fourth-order valence-corrected chi connectivity index (χ4v) is 3.51. The average molecular weight is 215 g/mol. The third-order valence-corrected chi connectivity index (χ3v) is 4.89. The summed E-state index contributed by atoms with van der Waals surface area (Å²) in [5.41, 5.74) is 0. The van der Waals surface area contributed by atoms with Crippen molar-refractivity contribution < 1.29 is 8.85 Å². The Kier molecular flexibility index (Phi) is 3.23. The summed E-state index contributed by atoms with van der Waals surface area (Å²) in [6.45, 7) is 0.